The molecule has 5 heteroatoms. The summed E-state index contributed by atoms with van der Waals surface area (Å²) in [6.45, 7) is 0. The molecule has 4 aromatic carbocycles. The number of hydrogen-bond acceptors (Lipinski definition) is 1. The van der Waals surface area contributed by atoms with Gasteiger partial charge in [0.1, 0.15) is 0 Å². The summed E-state index contributed by atoms with van der Waals surface area (Å²) in [6.07, 6.45) is 1.80. The van der Waals surface area contributed by atoms with E-state index < -0.39 is 7.40 Å². The fraction of sp³-hybridized carbons (Fsp3) is 0. The largest absolute Gasteiger partial charge is 0.678 e. The lowest BCUT2D eigenvalue weighted by Crippen LogP contribution is -2.27. The molecule has 0 N–H and O–H groups in total. The van der Waals surface area contributed by atoms with Gasteiger partial charge in [-0.15, -0.1) is 0 Å². The Bertz CT molecular complexity index is 1490. The smallest absolute Gasteiger partial charge is 0.325 e. The Kier molecular flexibility index (Phi) is 3.07. The third-order valence-electron chi connectivity index (χ3n) is 5.55. The maximum absolute atomic E-state index is 14.1. The minimum absolute atomic E-state index is 0.491. The van der Waals surface area contributed by atoms with Crippen LogP contribution in [0.25, 0.3) is 38.5 Å². The molecule has 0 amide bonds. The van der Waals surface area contributed by atoms with E-state index in [1.165, 1.54) is 0 Å². The number of rotatable bonds is 2. The summed E-state index contributed by atoms with van der Waals surface area (Å²) in [5, 5.41) is 5.32. The summed E-state index contributed by atoms with van der Waals surface area (Å²) in [4.78, 5) is 4.75. The molecule has 1 aliphatic rings. The second-order valence-corrected chi connectivity index (χ2v) is 7.04. The van der Waals surface area contributed by atoms with Gasteiger partial charge >= 0.3 is 7.40 Å². The Morgan fingerprint density at radius 1 is 0.786 bits per heavy atom. The van der Waals surface area contributed by atoms with Gasteiger partial charge in [0.05, 0.1) is 11.4 Å². The summed E-state index contributed by atoms with van der Waals surface area (Å²) in [7, 11) is -2.63. The van der Waals surface area contributed by atoms with Gasteiger partial charge in [0, 0.05) is 32.6 Å². The van der Waals surface area contributed by atoms with Crippen molar-refractivity contribution in [2.45, 2.75) is 0 Å². The Morgan fingerprint density at radius 3 is 2.25 bits per heavy atom. The summed E-state index contributed by atoms with van der Waals surface area (Å²) in [5.41, 5.74) is 3.14. The highest BCUT2D eigenvalue weighted by molar-refractivity contribution is 6.44. The third kappa shape index (κ3) is 1.99. The fourth-order valence-corrected chi connectivity index (χ4v) is 4.41. The normalized spacial score (nSPS) is 13.8. The maximum Gasteiger partial charge on any atom is 0.678 e. The third-order valence-corrected chi connectivity index (χ3v) is 5.55. The number of aromatic nitrogens is 1. The highest BCUT2D eigenvalue weighted by Crippen LogP contribution is 2.36. The average molecular weight is 366 g/mol. The average Bonchev–Trinajstić information content (AvgIpc) is 3.22. The van der Waals surface area contributed by atoms with Gasteiger partial charge < -0.3 is 4.48 Å². The van der Waals surface area contributed by atoms with Gasteiger partial charge in [-0.05, 0) is 29.0 Å². The molecular weight excluding hydrogens is 353 g/mol. The van der Waals surface area contributed by atoms with E-state index in [1.54, 1.807) is 12.1 Å². The van der Waals surface area contributed by atoms with Crippen LogP contribution in [0.5, 0.6) is 0 Å². The molecule has 0 radical (unpaired) electrons. The summed E-state index contributed by atoms with van der Waals surface area (Å²) in [5.74, 6) is 0. The van der Waals surface area contributed by atoms with E-state index in [9.17, 15) is 8.63 Å². The Hall–Kier alpha value is -3.47. The van der Waals surface area contributed by atoms with Crippen LogP contribution in [0.4, 0.5) is 14.3 Å². The highest BCUT2D eigenvalue weighted by Gasteiger charge is 2.24. The van der Waals surface area contributed by atoms with Crippen molar-refractivity contribution in [3.63, 3.8) is 0 Å². The molecule has 0 bridgehead atoms. The minimum Gasteiger partial charge on any atom is -0.325 e. The quantitative estimate of drug-likeness (QED) is 0.375. The molecule has 5 aromatic rings. The van der Waals surface area contributed by atoms with Crippen LogP contribution in [-0.2, 0) is 0 Å². The van der Waals surface area contributed by atoms with Gasteiger partial charge in [-0.2, -0.15) is 0 Å². The molecule has 0 saturated carbocycles. The minimum atomic E-state index is -2.63. The number of hydrogen-bond donors (Lipinski definition) is 0. The van der Waals surface area contributed by atoms with E-state index in [1.807, 2.05) is 66.7 Å². The van der Waals surface area contributed by atoms with Crippen LogP contribution in [-0.4, -0.2) is 17.6 Å². The lowest BCUT2D eigenvalue weighted by Gasteiger charge is -2.02. The standard InChI is InChI=1S/C23H13BF2N2/c25-24(26)28-20-12-4-8-15-6-2-10-17(23(15)20)21(28)13-19-16-9-1-5-14-7-3-11-18(27-19)22(14)16/h1-13H/b21-13+. The highest BCUT2D eigenvalue weighted by atomic mass is 19.2. The van der Waals surface area contributed by atoms with Crippen LogP contribution in [0.3, 0.4) is 0 Å². The van der Waals surface area contributed by atoms with Gasteiger partial charge in [0.25, 0.3) is 0 Å². The first-order valence-corrected chi connectivity index (χ1v) is 9.14. The van der Waals surface area contributed by atoms with E-state index >= 15 is 0 Å². The number of nitrogens with zero attached hydrogens (tertiary/aromatic N) is 2. The van der Waals surface area contributed by atoms with E-state index in [-0.39, 0.29) is 0 Å². The van der Waals surface area contributed by atoms with E-state index in [0.29, 0.717) is 10.9 Å². The molecule has 0 aliphatic carbocycles. The molecule has 0 unspecified atom stereocenters. The van der Waals surface area contributed by atoms with Crippen LogP contribution in [0.15, 0.2) is 77.8 Å². The van der Waals surface area contributed by atoms with Crippen molar-refractivity contribution in [1.82, 2.24) is 4.48 Å². The van der Waals surface area contributed by atoms with Crippen molar-refractivity contribution >= 4 is 57.3 Å². The lowest BCUT2D eigenvalue weighted by atomic mass is 10.0. The van der Waals surface area contributed by atoms with Crippen LogP contribution >= 0.6 is 0 Å². The zero-order valence-corrected chi connectivity index (χ0v) is 14.7. The van der Waals surface area contributed by atoms with E-state index in [0.717, 1.165) is 48.4 Å². The maximum atomic E-state index is 14.1. The number of aliphatic imine (C=N–C) groups is 1. The van der Waals surface area contributed by atoms with E-state index in [2.05, 4.69) is 0 Å². The molecule has 1 aromatic heterocycles. The van der Waals surface area contributed by atoms with Crippen LogP contribution in [0, 0.1) is 0 Å². The molecule has 28 heavy (non-hydrogen) atoms. The molecule has 0 spiro atoms. The predicted octanol–water partition coefficient (Wildman–Crippen LogP) is 5.35. The topological polar surface area (TPSA) is 17.3 Å². The van der Waals surface area contributed by atoms with Gasteiger partial charge in [-0.1, -0.05) is 60.7 Å². The summed E-state index contributed by atoms with van der Waals surface area (Å²) >= 11 is 0. The number of benzene rings is 4. The molecule has 0 fully saturated rings. The van der Waals surface area contributed by atoms with Crippen LogP contribution < -0.4 is 5.35 Å². The molecule has 2 nitrogen and oxygen atoms in total. The van der Waals surface area contributed by atoms with Gasteiger partial charge in [-0.25, -0.2) is 4.99 Å². The van der Waals surface area contributed by atoms with Gasteiger partial charge in [0.2, 0.25) is 0 Å². The zero-order chi connectivity index (χ0) is 18.8. The molecule has 132 valence electrons. The summed E-state index contributed by atoms with van der Waals surface area (Å²) in [6, 6.07) is 23.3. The van der Waals surface area contributed by atoms with Crippen molar-refractivity contribution in [3.8, 4) is 0 Å². The second kappa shape index (κ2) is 5.52. The Morgan fingerprint density at radius 2 is 1.46 bits per heavy atom. The molecule has 2 heterocycles. The predicted molar refractivity (Wildman–Crippen MR) is 113 cm³/mol. The lowest BCUT2D eigenvalue weighted by molar-refractivity contribution is 0.631. The second-order valence-electron chi connectivity index (χ2n) is 7.04. The number of halogens is 2. The monoisotopic (exact) mass is 366 g/mol. The van der Waals surface area contributed by atoms with Crippen molar-refractivity contribution in [1.29, 1.82) is 0 Å². The SMILES string of the molecule is FB(F)n1/c(=C/C2=Nc3cccc4cccc2c34)c2cccc3cccc1c32. The Balaban J connectivity index is 1.73. The fourth-order valence-electron chi connectivity index (χ4n) is 4.41. The van der Waals surface area contributed by atoms with Crippen molar-refractivity contribution in [2.24, 2.45) is 4.99 Å². The first-order chi connectivity index (χ1) is 13.7. The first kappa shape index (κ1) is 15.6. The van der Waals surface area contributed by atoms with Crippen molar-refractivity contribution in [2.75, 3.05) is 0 Å². The zero-order valence-electron chi connectivity index (χ0n) is 14.7. The van der Waals surface area contributed by atoms with Crippen LogP contribution in [0.1, 0.15) is 5.56 Å². The van der Waals surface area contributed by atoms with Crippen molar-refractivity contribution < 1.29 is 8.63 Å². The Labute approximate surface area is 159 Å². The van der Waals surface area contributed by atoms with Gasteiger partial charge in [-0.3, -0.25) is 8.63 Å². The molecular formula is C23H13BF2N2. The molecule has 0 saturated heterocycles. The summed E-state index contributed by atoms with van der Waals surface area (Å²) < 4.78 is 29.3. The first-order valence-electron chi connectivity index (χ1n) is 9.14. The molecule has 1 aliphatic heterocycles. The van der Waals surface area contributed by atoms with Crippen molar-refractivity contribution in [3.05, 3.63) is 83.7 Å². The molecule has 6 rings (SSSR count). The van der Waals surface area contributed by atoms with Crippen LogP contribution in [0.2, 0.25) is 0 Å². The molecule has 0 atom stereocenters. The van der Waals surface area contributed by atoms with Gasteiger partial charge in [0.15, 0.2) is 0 Å². The van der Waals surface area contributed by atoms with E-state index in [4.69, 9.17) is 4.99 Å².